The van der Waals surface area contributed by atoms with Crippen LogP contribution in [0.3, 0.4) is 0 Å². The molecule has 0 bridgehead atoms. The monoisotopic (exact) mass is 408 g/mol. The second-order valence-corrected chi connectivity index (χ2v) is 8.07. The number of hydrogen-bond acceptors (Lipinski definition) is 2. The SMILES string of the molecule is CCNC(=NCC(C)(C)c1ccccc1Br)NC1CCC(=O)N(C)C1. The van der Waals surface area contributed by atoms with Gasteiger partial charge >= 0.3 is 0 Å². The van der Waals surface area contributed by atoms with Crippen LogP contribution in [0.2, 0.25) is 0 Å². The lowest BCUT2D eigenvalue weighted by atomic mass is 9.85. The number of rotatable bonds is 5. The Morgan fingerprint density at radius 2 is 2.12 bits per heavy atom. The van der Waals surface area contributed by atoms with Crippen LogP contribution in [0.15, 0.2) is 33.7 Å². The molecule has 0 aromatic heterocycles. The van der Waals surface area contributed by atoms with Crippen molar-refractivity contribution in [1.82, 2.24) is 15.5 Å². The van der Waals surface area contributed by atoms with E-state index in [0.29, 0.717) is 13.0 Å². The second-order valence-electron chi connectivity index (χ2n) is 7.21. The number of likely N-dealkylation sites (tertiary alicyclic amines) is 1. The van der Waals surface area contributed by atoms with E-state index in [1.165, 1.54) is 5.56 Å². The summed E-state index contributed by atoms with van der Waals surface area (Å²) in [6.07, 6.45) is 1.44. The van der Waals surface area contributed by atoms with Gasteiger partial charge in [0, 0.05) is 42.5 Å². The number of guanidine groups is 1. The molecule has 1 fully saturated rings. The first-order valence-electron chi connectivity index (χ1n) is 8.87. The highest BCUT2D eigenvalue weighted by Crippen LogP contribution is 2.30. The van der Waals surface area contributed by atoms with E-state index in [-0.39, 0.29) is 17.4 Å². The molecule has 25 heavy (non-hydrogen) atoms. The van der Waals surface area contributed by atoms with E-state index in [9.17, 15) is 4.79 Å². The van der Waals surface area contributed by atoms with E-state index in [1.807, 2.05) is 13.1 Å². The van der Waals surface area contributed by atoms with Crippen LogP contribution in [0.4, 0.5) is 0 Å². The number of amides is 1. The molecule has 1 saturated heterocycles. The van der Waals surface area contributed by atoms with Crippen molar-refractivity contribution in [1.29, 1.82) is 0 Å². The summed E-state index contributed by atoms with van der Waals surface area (Å²) in [5.74, 6) is 1.03. The molecule has 1 aliphatic heterocycles. The van der Waals surface area contributed by atoms with Crippen molar-refractivity contribution in [2.24, 2.45) is 4.99 Å². The first-order chi connectivity index (χ1) is 11.8. The van der Waals surface area contributed by atoms with Crippen LogP contribution >= 0.6 is 15.9 Å². The summed E-state index contributed by atoms with van der Waals surface area (Å²) in [6, 6.07) is 8.54. The first kappa shape index (κ1) is 19.8. The van der Waals surface area contributed by atoms with Crippen molar-refractivity contribution in [2.75, 3.05) is 26.7 Å². The molecule has 6 heteroatoms. The Kier molecular flexibility index (Phi) is 6.87. The smallest absolute Gasteiger partial charge is 0.222 e. The number of nitrogens with zero attached hydrogens (tertiary/aromatic N) is 2. The lowest BCUT2D eigenvalue weighted by molar-refractivity contribution is -0.132. The quantitative estimate of drug-likeness (QED) is 0.581. The molecule has 2 rings (SSSR count). The molecule has 5 nitrogen and oxygen atoms in total. The molecule has 1 aromatic rings. The highest BCUT2D eigenvalue weighted by atomic mass is 79.9. The van der Waals surface area contributed by atoms with Crippen molar-refractivity contribution >= 4 is 27.8 Å². The van der Waals surface area contributed by atoms with Crippen LogP contribution < -0.4 is 10.6 Å². The Bertz CT molecular complexity index is 630. The zero-order valence-corrected chi connectivity index (χ0v) is 17.2. The van der Waals surface area contributed by atoms with Gasteiger partial charge in [-0.25, -0.2) is 0 Å². The van der Waals surface area contributed by atoms with E-state index in [4.69, 9.17) is 4.99 Å². The molecule has 1 heterocycles. The largest absolute Gasteiger partial charge is 0.357 e. The number of likely N-dealkylation sites (N-methyl/N-ethyl adjacent to an activating group) is 1. The van der Waals surface area contributed by atoms with Crippen molar-refractivity contribution in [3.05, 3.63) is 34.3 Å². The van der Waals surface area contributed by atoms with Crippen molar-refractivity contribution < 1.29 is 4.79 Å². The van der Waals surface area contributed by atoms with Crippen molar-refractivity contribution in [2.45, 2.75) is 45.1 Å². The second kappa shape index (κ2) is 8.70. The van der Waals surface area contributed by atoms with Gasteiger partial charge in [-0.05, 0) is 25.0 Å². The minimum Gasteiger partial charge on any atom is -0.357 e. The number of halogens is 1. The summed E-state index contributed by atoms with van der Waals surface area (Å²) >= 11 is 3.64. The normalized spacial score (nSPS) is 19.1. The molecular formula is C19H29BrN4O. The molecular weight excluding hydrogens is 380 g/mol. The Balaban J connectivity index is 2.06. The van der Waals surface area contributed by atoms with Crippen LogP contribution in [-0.2, 0) is 10.2 Å². The summed E-state index contributed by atoms with van der Waals surface area (Å²) in [4.78, 5) is 18.2. The van der Waals surface area contributed by atoms with E-state index < -0.39 is 0 Å². The molecule has 0 saturated carbocycles. The zero-order valence-electron chi connectivity index (χ0n) is 15.6. The molecule has 1 aromatic carbocycles. The molecule has 0 radical (unpaired) electrons. The number of aliphatic imine (C=N–C) groups is 1. The van der Waals surface area contributed by atoms with Gasteiger partial charge in [-0.3, -0.25) is 9.79 Å². The molecule has 1 amide bonds. The molecule has 1 unspecified atom stereocenters. The predicted molar refractivity (Wildman–Crippen MR) is 107 cm³/mol. The first-order valence-corrected chi connectivity index (χ1v) is 9.66. The minimum atomic E-state index is -0.0816. The molecule has 138 valence electrons. The van der Waals surface area contributed by atoms with Gasteiger partial charge in [-0.2, -0.15) is 0 Å². The summed E-state index contributed by atoms with van der Waals surface area (Å²) < 4.78 is 1.11. The molecule has 2 N–H and O–H groups in total. The van der Waals surface area contributed by atoms with Gasteiger partial charge in [-0.1, -0.05) is 48.0 Å². The number of benzene rings is 1. The number of carbonyl (C=O) groups excluding carboxylic acids is 1. The minimum absolute atomic E-state index is 0.0816. The Morgan fingerprint density at radius 1 is 1.40 bits per heavy atom. The maximum Gasteiger partial charge on any atom is 0.222 e. The van der Waals surface area contributed by atoms with Crippen LogP contribution in [0, 0.1) is 0 Å². The van der Waals surface area contributed by atoms with Gasteiger partial charge < -0.3 is 15.5 Å². The fourth-order valence-corrected chi connectivity index (χ4v) is 3.84. The maximum atomic E-state index is 11.6. The van der Waals surface area contributed by atoms with Gasteiger partial charge in [0.15, 0.2) is 5.96 Å². The molecule has 1 aliphatic rings. The molecule has 0 aliphatic carbocycles. The van der Waals surface area contributed by atoms with Crippen LogP contribution in [0.1, 0.15) is 39.2 Å². The summed E-state index contributed by atoms with van der Waals surface area (Å²) in [6.45, 7) is 8.67. The fraction of sp³-hybridized carbons (Fsp3) is 0.579. The summed E-state index contributed by atoms with van der Waals surface area (Å²) in [5.41, 5.74) is 1.17. The summed E-state index contributed by atoms with van der Waals surface area (Å²) in [7, 11) is 1.86. The van der Waals surface area contributed by atoms with E-state index in [0.717, 1.165) is 29.9 Å². The third kappa shape index (κ3) is 5.46. The standard InChI is InChI=1S/C19H29BrN4O/c1-5-21-18(23-14-10-11-17(25)24(4)12-14)22-13-19(2,3)15-8-6-7-9-16(15)20/h6-9,14H,5,10-13H2,1-4H3,(H2,21,22,23). The topological polar surface area (TPSA) is 56.7 Å². The van der Waals surface area contributed by atoms with Crippen LogP contribution in [-0.4, -0.2) is 49.5 Å². The number of nitrogens with one attached hydrogen (secondary N) is 2. The Labute approximate surface area is 159 Å². The third-order valence-electron chi connectivity index (χ3n) is 4.55. The fourth-order valence-electron chi connectivity index (χ4n) is 3.02. The van der Waals surface area contributed by atoms with Crippen molar-refractivity contribution in [3.8, 4) is 0 Å². The average molecular weight is 409 g/mol. The van der Waals surface area contributed by atoms with E-state index in [1.54, 1.807) is 4.90 Å². The van der Waals surface area contributed by atoms with Gasteiger partial charge in [0.25, 0.3) is 0 Å². The van der Waals surface area contributed by atoms with E-state index >= 15 is 0 Å². The number of piperidine rings is 1. The maximum absolute atomic E-state index is 11.6. The molecule has 0 spiro atoms. The predicted octanol–water partition coefficient (Wildman–Crippen LogP) is 2.90. The third-order valence-corrected chi connectivity index (χ3v) is 5.24. The number of carbonyl (C=O) groups is 1. The Morgan fingerprint density at radius 3 is 2.76 bits per heavy atom. The summed E-state index contributed by atoms with van der Waals surface area (Å²) in [5, 5.41) is 6.80. The molecule has 1 atom stereocenters. The van der Waals surface area contributed by atoms with E-state index in [2.05, 4.69) is 65.5 Å². The van der Waals surface area contributed by atoms with Crippen LogP contribution in [0.5, 0.6) is 0 Å². The van der Waals surface area contributed by atoms with Gasteiger partial charge in [0.05, 0.1) is 6.54 Å². The van der Waals surface area contributed by atoms with Crippen molar-refractivity contribution in [3.63, 3.8) is 0 Å². The lowest BCUT2D eigenvalue weighted by Gasteiger charge is -2.31. The lowest BCUT2D eigenvalue weighted by Crippen LogP contribution is -2.52. The van der Waals surface area contributed by atoms with Crippen LogP contribution in [0.25, 0.3) is 0 Å². The van der Waals surface area contributed by atoms with Gasteiger partial charge in [0.1, 0.15) is 0 Å². The number of hydrogen-bond donors (Lipinski definition) is 2. The Hall–Kier alpha value is -1.56. The highest BCUT2D eigenvalue weighted by molar-refractivity contribution is 9.10. The van der Waals surface area contributed by atoms with Gasteiger partial charge in [0.2, 0.25) is 5.91 Å². The highest BCUT2D eigenvalue weighted by Gasteiger charge is 2.25. The average Bonchev–Trinajstić information content (AvgIpc) is 2.56. The van der Waals surface area contributed by atoms with Gasteiger partial charge in [-0.15, -0.1) is 0 Å². The zero-order chi connectivity index (χ0) is 18.4.